The van der Waals surface area contributed by atoms with Crippen molar-refractivity contribution in [1.82, 2.24) is 4.90 Å². The molecule has 2 aliphatic heterocycles. The second kappa shape index (κ2) is 8.62. The average molecular weight is 486 g/mol. The van der Waals surface area contributed by atoms with Crippen LogP contribution in [0.2, 0.25) is 0 Å². The Kier molecular flexibility index (Phi) is 5.76. The lowest BCUT2D eigenvalue weighted by Gasteiger charge is -2.40. The molecule has 2 aromatic carbocycles. The van der Waals surface area contributed by atoms with Crippen LogP contribution in [0.15, 0.2) is 53.8 Å². The number of nitrogens with zero attached hydrogens (tertiary/aromatic N) is 1. The fourth-order valence-electron chi connectivity index (χ4n) is 5.23. The van der Waals surface area contributed by atoms with Crippen LogP contribution in [0.4, 0.5) is 4.39 Å². The number of phenolic OH excluding ortho intramolecular Hbond substituents is 1. The standard InChI is InChI=1S/C26H25ClFNO5/c1-13-9-20-17(11-18(13)27)24(31)22-23(15-5-8-19(30)21(10-15)33-2)29(26(32)25(22)34-20)12-14-3-6-16(28)7-4-14/h3-8,10,13,17-18,20,23,30H,9,11-12H2,1-2H3. The number of ether oxygens (including phenoxy) is 2. The molecule has 34 heavy (non-hydrogen) atoms. The smallest absolute Gasteiger partial charge is 0.290 e. The highest BCUT2D eigenvalue weighted by Crippen LogP contribution is 2.49. The summed E-state index contributed by atoms with van der Waals surface area (Å²) in [5.74, 6) is -0.881. The van der Waals surface area contributed by atoms with Crippen LogP contribution < -0.4 is 4.74 Å². The molecule has 2 aromatic rings. The number of benzene rings is 2. The fourth-order valence-corrected chi connectivity index (χ4v) is 5.52. The van der Waals surface area contributed by atoms with Crippen molar-refractivity contribution in [3.63, 3.8) is 0 Å². The Hall–Kier alpha value is -3.06. The van der Waals surface area contributed by atoms with E-state index in [0.29, 0.717) is 29.5 Å². The number of methoxy groups -OCH3 is 1. The average Bonchev–Trinajstić information content (AvgIpc) is 3.09. The van der Waals surface area contributed by atoms with Crippen LogP contribution in [0.5, 0.6) is 11.5 Å². The number of amides is 1. The number of halogens is 2. The van der Waals surface area contributed by atoms with E-state index in [9.17, 15) is 19.1 Å². The minimum atomic E-state index is -0.733. The lowest BCUT2D eigenvalue weighted by atomic mass is 9.74. The quantitative estimate of drug-likeness (QED) is 0.645. The highest BCUT2D eigenvalue weighted by molar-refractivity contribution is 6.21. The van der Waals surface area contributed by atoms with Crippen molar-refractivity contribution in [3.05, 3.63) is 70.7 Å². The van der Waals surface area contributed by atoms with Crippen molar-refractivity contribution in [2.24, 2.45) is 11.8 Å². The molecule has 1 saturated carbocycles. The molecule has 0 saturated heterocycles. The summed E-state index contributed by atoms with van der Waals surface area (Å²) in [7, 11) is 1.43. The Bertz CT molecular complexity index is 1180. The minimum Gasteiger partial charge on any atom is -0.504 e. The number of hydrogen-bond donors (Lipinski definition) is 1. The van der Waals surface area contributed by atoms with E-state index in [2.05, 4.69) is 0 Å². The maximum atomic E-state index is 13.8. The van der Waals surface area contributed by atoms with Gasteiger partial charge in [-0.2, -0.15) is 0 Å². The number of fused-ring (bicyclic) bond motifs is 1. The molecule has 3 aliphatic rings. The third-order valence-electron chi connectivity index (χ3n) is 7.09. The van der Waals surface area contributed by atoms with Gasteiger partial charge >= 0.3 is 0 Å². The van der Waals surface area contributed by atoms with Crippen LogP contribution in [0.25, 0.3) is 0 Å². The molecule has 178 valence electrons. The van der Waals surface area contributed by atoms with E-state index in [-0.39, 0.29) is 58.7 Å². The van der Waals surface area contributed by atoms with Crippen LogP contribution in [0.1, 0.15) is 36.9 Å². The van der Waals surface area contributed by atoms with Crippen molar-refractivity contribution < 1.29 is 28.6 Å². The molecule has 1 N–H and O–H groups in total. The van der Waals surface area contributed by atoms with E-state index in [1.54, 1.807) is 29.2 Å². The Morgan fingerprint density at radius 1 is 1.18 bits per heavy atom. The number of rotatable bonds is 4. The Morgan fingerprint density at radius 3 is 2.62 bits per heavy atom. The van der Waals surface area contributed by atoms with Gasteiger partial charge in [0.1, 0.15) is 11.9 Å². The molecule has 1 aliphatic carbocycles. The molecular weight excluding hydrogens is 461 g/mol. The Labute approximate surface area is 201 Å². The minimum absolute atomic E-state index is 0.0487. The van der Waals surface area contributed by atoms with E-state index in [1.807, 2.05) is 6.92 Å². The highest BCUT2D eigenvalue weighted by Gasteiger charge is 2.53. The summed E-state index contributed by atoms with van der Waals surface area (Å²) >= 11 is 6.51. The van der Waals surface area contributed by atoms with Crippen LogP contribution in [-0.2, 0) is 20.9 Å². The third-order valence-corrected chi connectivity index (χ3v) is 7.70. The predicted octanol–water partition coefficient (Wildman–Crippen LogP) is 4.50. The number of Topliss-reactive ketones (excluding diaryl/α,β-unsaturated/α-hetero) is 1. The summed E-state index contributed by atoms with van der Waals surface area (Å²) in [6.07, 6.45) is 0.700. The van der Waals surface area contributed by atoms with Gasteiger partial charge in [-0.25, -0.2) is 4.39 Å². The summed E-state index contributed by atoms with van der Waals surface area (Å²) in [5.41, 5.74) is 1.63. The Morgan fingerprint density at radius 2 is 1.91 bits per heavy atom. The summed E-state index contributed by atoms with van der Waals surface area (Å²) < 4.78 is 24.9. The Balaban J connectivity index is 1.59. The van der Waals surface area contributed by atoms with Gasteiger partial charge < -0.3 is 19.5 Å². The number of aromatic hydroxyl groups is 1. The number of carbonyl (C=O) groups excluding carboxylic acids is 2. The number of phenols is 1. The largest absolute Gasteiger partial charge is 0.504 e. The SMILES string of the molecule is COc1cc(C2C3=C(OC4CC(C)C(Cl)CC4C3=O)C(=O)N2Cc2ccc(F)cc2)ccc1O. The molecule has 1 amide bonds. The normalized spacial score (nSPS) is 28.5. The summed E-state index contributed by atoms with van der Waals surface area (Å²) in [4.78, 5) is 28.9. The van der Waals surface area contributed by atoms with Crippen LogP contribution in [-0.4, -0.2) is 40.3 Å². The molecular formula is C26H25ClFNO5. The number of alkyl halides is 1. The molecule has 6 nitrogen and oxygen atoms in total. The van der Waals surface area contributed by atoms with E-state index in [0.717, 1.165) is 0 Å². The lowest BCUT2D eigenvalue weighted by Crippen LogP contribution is -2.44. The second-order valence-corrected chi connectivity index (χ2v) is 9.79. The number of ketones is 1. The van der Waals surface area contributed by atoms with Crippen LogP contribution >= 0.6 is 11.6 Å². The molecule has 0 radical (unpaired) electrons. The van der Waals surface area contributed by atoms with E-state index in [4.69, 9.17) is 21.1 Å². The van der Waals surface area contributed by atoms with Gasteiger partial charge in [-0.05, 0) is 54.2 Å². The van der Waals surface area contributed by atoms with Crippen molar-refractivity contribution in [3.8, 4) is 11.5 Å². The first-order valence-corrected chi connectivity index (χ1v) is 11.7. The first-order valence-electron chi connectivity index (χ1n) is 11.3. The predicted molar refractivity (Wildman–Crippen MR) is 123 cm³/mol. The van der Waals surface area contributed by atoms with Gasteiger partial charge in [-0.1, -0.05) is 25.1 Å². The molecule has 5 unspecified atom stereocenters. The molecule has 0 aromatic heterocycles. The summed E-state index contributed by atoms with van der Waals surface area (Å²) in [6, 6.07) is 9.90. The van der Waals surface area contributed by atoms with Crippen molar-refractivity contribution in [1.29, 1.82) is 0 Å². The maximum Gasteiger partial charge on any atom is 0.290 e. The zero-order chi connectivity index (χ0) is 24.1. The number of carbonyl (C=O) groups is 2. The molecule has 5 rings (SSSR count). The highest BCUT2D eigenvalue weighted by atomic mass is 35.5. The molecule has 2 heterocycles. The van der Waals surface area contributed by atoms with Gasteiger partial charge in [0.25, 0.3) is 5.91 Å². The summed E-state index contributed by atoms with van der Waals surface area (Å²) in [5, 5.41) is 9.95. The van der Waals surface area contributed by atoms with E-state index >= 15 is 0 Å². The van der Waals surface area contributed by atoms with Gasteiger partial charge in [-0.15, -0.1) is 11.6 Å². The zero-order valence-electron chi connectivity index (χ0n) is 18.8. The summed E-state index contributed by atoms with van der Waals surface area (Å²) in [6.45, 7) is 2.18. The van der Waals surface area contributed by atoms with Crippen molar-refractivity contribution >= 4 is 23.3 Å². The first kappa shape index (κ1) is 22.7. The topological polar surface area (TPSA) is 76.1 Å². The maximum absolute atomic E-state index is 13.8. The monoisotopic (exact) mass is 485 g/mol. The molecule has 0 bridgehead atoms. The van der Waals surface area contributed by atoms with Gasteiger partial charge in [0.15, 0.2) is 23.0 Å². The first-order chi connectivity index (χ1) is 16.3. The lowest BCUT2D eigenvalue weighted by molar-refractivity contribution is -0.136. The van der Waals surface area contributed by atoms with Gasteiger partial charge in [0.05, 0.1) is 24.6 Å². The van der Waals surface area contributed by atoms with Gasteiger partial charge in [-0.3, -0.25) is 9.59 Å². The molecule has 0 spiro atoms. The molecule has 8 heteroatoms. The van der Waals surface area contributed by atoms with Crippen LogP contribution in [0, 0.1) is 17.7 Å². The third kappa shape index (κ3) is 3.72. The van der Waals surface area contributed by atoms with Crippen molar-refractivity contribution in [2.75, 3.05) is 7.11 Å². The molecule has 5 atom stereocenters. The number of hydrogen-bond acceptors (Lipinski definition) is 5. The van der Waals surface area contributed by atoms with Gasteiger partial charge in [0, 0.05) is 11.9 Å². The fraction of sp³-hybridized carbons (Fsp3) is 0.385. The van der Waals surface area contributed by atoms with Gasteiger partial charge in [0.2, 0.25) is 0 Å². The van der Waals surface area contributed by atoms with E-state index < -0.39 is 12.0 Å². The zero-order valence-corrected chi connectivity index (χ0v) is 19.6. The van der Waals surface area contributed by atoms with Crippen molar-refractivity contribution in [2.45, 2.75) is 43.8 Å². The van der Waals surface area contributed by atoms with E-state index in [1.165, 1.54) is 25.3 Å². The van der Waals surface area contributed by atoms with Crippen LogP contribution in [0.3, 0.4) is 0 Å². The molecule has 1 fully saturated rings. The second-order valence-electron chi connectivity index (χ2n) is 9.23.